The Labute approximate surface area is 312 Å². The number of nitrogens with one attached hydrogen (secondary N) is 1. The summed E-state index contributed by atoms with van der Waals surface area (Å²) in [5.41, 5.74) is 9.04. The van der Waals surface area contributed by atoms with Gasteiger partial charge in [-0.2, -0.15) is 0 Å². The van der Waals surface area contributed by atoms with Gasteiger partial charge in [0.15, 0.2) is 0 Å². The molecule has 2 fully saturated rings. The molecule has 272 valence electrons. The van der Waals surface area contributed by atoms with Crippen molar-refractivity contribution in [3.05, 3.63) is 142 Å². The number of hydrogen-bond donors (Lipinski definition) is 2. The smallest absolute Gasteiger partial charge is 0.262 e. The summed E-state index contributed by atoms with van der Waals surface area (Å²) in [4.78, 5) is 45.0. The number of nitrogens with zero attached hydrogens (tertiary/aromatic N) is 3. The number of aryl methyl sites for hydroxylation is 2. The van der Waals surface area contributed by atoms with Gasteiger partial charge >= 0.3 is 0 Å². The van der Waals surface area contributed by atoms with E-state index in [-0.39, 0.29) is 23.6 Å². The second kappa shape index (κ2) is 15.0. The van der Waals surface area contributed by atoms with Gasteiger partial charge in [-0.1, -0.05) is 67.6 Å². The number of piperidine rings is 1. The predicted octanol–water partition coefficient (Wildman–Crippen LogP) is 7.18. The summed E-state index contributed by atoms with van der Waals surface area (Å²) in [5.74, 6) is -0.0965. The number of carbonyl (C=O) groups is 3. The van der Waals surface area contributed by atoms with E-state index in [0.717, 1.165) is 81.7 Å². The van der Waals surface area contributed by atoms with Crippen molar-refractivity contribution in [2.45, 2.75) is 69.2 Å². The number of imide groups is 1. The normalized spacial score (nSPS) is 21.8. The van der Waals surface area contributed by atoms with E-state index in [0.29, 0.717) is 41.3 Å². The average molecular weight is 709 g/mol. The minimum atomic E-state index is -0.783. The fraction of sp³-hybridized carbons (Fsp3) is 0.356. The first-order valence-electron chi connectivity index (χ1n) is 19.3. The number of carbonyl (C=O) groups excluding carboxylic acids is 3. The van der Waals surface area contributed by atoms with E-state index in [9.17, 15) is 19.5 Å². The van der Waals surface area contributed by atoms with Gasteiger partial charge in [-0.3, -0.25) is 24.2 Å². The zero-order chi connectivity index (χ0) is 36.5. The average Bonchev–Trinajstić information content (AvgIpc) is 3.42. The van der Waals surface area contributed by atoms with E-state index in [2.05, 4.69) is 82.4 Å². The van der Waals surface area contributed by atoms with Crippen molar-refractivity contribution in [3.63, 3.8) is 0 Å². The van der Waals surface area contributed by atoms with Crippen LogP contribution in [0.3, 0.4) is 0 Å². The number of phenolic OH excluding ortho intramolecular Hbond substituents is 1. The standard InChI is InChI=1S/C45H48N4O4/c1-30-11-22-41(43(51)46-30)49-44(52)39-19-12-31(28-40(39)45(49)53)8-4-3-7-23-47-24-26-48(27-25-47)35-16-13-33(14-17-35)42-37(32-9-5-2-6-10-32)20-15-34-29-36(50)18-21-38(34)42/h2,5-6,9-10,12-14,16-19,21,28-29,37,41-42,50H,1,3-4,7-8,11,15,20,22-27H2,(H,46,51)/t37-,41?,42+/m0/s1. The van der Waals surface area contributed by atoms with Crippen LogP contribution in [0.15, 0.2) is 103 Å². The molecule has 0 aromatic heterocycles. The van der Waals surface area contributed by atoms with E-state index in [1.807, 2.05) is 24.3 Å². The minimum Gasteiger partial charge on any atom is -0.508 e. The van der Waals surface area contributed by atoms with E-state index in [1.54, 1.807) is 6.07 Å². The Morgan fingerprint density at radius 2 is 1.51 bits per heavy atom. The number of unbranched alkanes of at least 4 members (excludes halogenated alkanes) is 2. The van der Waals surface area contributed by atoms with Crippen molar-refractivity contribution >= 4 is 23.4 Å². The molecule has 4 aliphatic rings. The third-order valence-corrected chi connectivity index (χ3v) is 11.9. The second-order valence-corrected chi connectivity index (χ2v) is 15.2. The molecule has 3 atom stereocenters. The Morgan fingerprint density at radius 1 is 0.736 bits per heavy atom. The fourth-order valence-corrected chi connectivity index (χ4v) is 8.99. The van der Waals surface area contributed by atoms with Crippen molar-refractivity contribution in [3.8, 4) is 5.75 Å². The molecule has 1 unspecified atom stereocenters. The molecule has 0 spiro atoms. The first kappa shape index (κ1) is 34.9. The maximum absolute atomic E-state index is 13.2. The SMILES string of the molecule is C=C1CCC(N2C(=O)c3ccc(CCCCCN4CCN(c5ccc([C@H]6c7ccc(O)cc7CC[C@H]6c6ccccc6)cc5)CC4)cc3C2=O)C(=O)N1. The molecule has 8 rings (SSSR count). The predicted molar refractivity (Wildman–Crippen MR) is 207 cm³/mol. The lowest BCUT2D eigenvalue weighted by molar-refractivity contribution is -0.125. The molecule has 4 aromatic rings. The number of allylic oxidation sites excluding steroid dienone is 1. The Kier molecular flexibility index (Phi) is 9.88. The van der Waals surface area contributed by atoms with Gasteiger partial charge in [0.2, 0.25) is 5.91 Å². The lowest BCUT2D eigenvalue weighted by Crippen LogP contribution is -2.51. The van der Waals surface area contributed by atoms with Crippen LogP contribution in [0, 0.1) is 0 Å². The highest BCUT2D eigenvalue weighted by Gasteiger charge is 2.44. The molecule has 53 heavy (non-hydrogen) atoms. The molecule has 2 N–H and O–H groups in total. The highest BCUT2D eigenvalue weighted by molar-refractivity contribution is 6.23. The number of hydrogen-bond acceptors (Lipinski definition) is 6. The number of amides is 3. The minimum absolute atomic E-state index is 0.255. The zero-order valence-corrected chi connectivity index (χ0v) is 30.3. The van der Waals surface area contributed by atoms with Crippen LogP contribution >= 0.6 is 0 Å². The van der Waals surface area contributed by atoms with Gasteiger partial charge in [-0.15, -0.1) is 0 Å². The summed E-state index contributed by atoms with van der Waals surface area (Å²) in [6.45, 7) is 8.98. The highest BCUT2D eigenvalue weighted by Crippen LogP contribution is 2.47. The molecule has 2 saturated heterocycles. The van der Waals surface area contributed by atoms with Crippen LogP contribution in [0.25, 0.3) is 0 Å². The molecule has 8 heteroatoms. The van der Waals surface area contributed by atoms with Gasteiger partial charge in [0.05, 0.1) is 11.1 Å². The number of phenols is 1. The van der Waals surface area contributed by atoms with Crippen molar-refractivity contribution in [1.29, 1.82) is 0 Å². The van der Waals surface area contributed by atoms with Crippen molar-refractivity contribution in [2.24, 2.45) is 0 Å². The largest absolute Gasteiger partial charge is 0.508 e. The lowest BCUT2D eigenvalue weighted by Gasteiger charge is -2.37. The van der Waals surface area contributed by atoms with Gasteiger partial charge in [-0.05, 0) is 122 Å². The monoisotopic (exact) mass is 708 g/mol. The number of rotatable bonds is 10. The van der Waals surface area contributed by atoms with E-state index >= 15 is 0 Å². The summed E-state index contributed by atoms with van der Waals surface area (Å²) in [7, 11) is 0. The molecule has 0 radical (unpaired) electrons. The maximum Gasteiger partial charge on any atom is 0.262 e. The summed E-state index contributed by atoms with van der Waals surface area (Å²) in [6, 6.07) is 30.8. The number of benzene rings is 4. The number of anilines is 1. The Morgan fingerprint density at radius 3 is 2.28 bits per heavy atom. The topological polar surface area (TPSA) is 93.2 Å². The Hall–Kier alpha value is -5.21. The van der Waals surface area contributed by atoms with Crippen LogP contribution in [0.1, 0.15) is 98.9 Å². The van der Waals surface area contributed by atoms with Gasteiger partial charge in [0.1, 0.15) is 11.8 Å². The van der Waals surface area contributed by atoms with Crippen LogP contribution < -0.4 is 10.2 Å². The summed E-state index contributed by atoms with van der Waals surface area (Å²) in [5, 5.41) is 12.9. The molecule has 8 nitrogen and oxygen atoms in total. The number of aromatic hydroxyl groups is 1. The van der Waals surface area contributed by atoms with Gasteiger partial charge in [-0.25, -0.2) is 0 Å². The van der Waals surface area contributed by atoms with Gasteiger partial charge < -0.3 is 15.3 Å². The molecule has 3 aliphatic heterocycles. The molecule has 1 aliphatic carbocycles. The Balaban J connectivity index is 0.811. The molecular formula is C45H48N4O4. The van der Waals surface area contributed by atoms with Crippen LogP contribution in [0.5, 0.6) is 5.75 Å². The summed E-state index contributed by atoms with van der Waals surface area (Å²) >= 11 is 0. The Bertz CT molecular complexity index is 2020. The number of piperazine rings is 1. The fourth-order valence-electron chi connectivity index (χ4n) is 8.99. The molecule has 4 aromatic carbocycles. The van der Waals surface area contributed by atoms with Crippen molar-refractivity contribution < 1.29 is 19.5 Å². The van der Waals surface area contributed by atoms with Crippen LogP contribution in [-0.4, -0.2) is 71.4 Å². The van der Waals surface area contributed by atoms with Crippen LogP contribution in [0.2, 0.25) is 0 Å². The van der Waals surface area contributed by atoms with Crippen LogP contribution in [0.4, 0.5) is 5.69 Å². The molecule has 0 bridgehead atoms. The van der Waals surface area contributed by atoms with Crippen molar-refractivity contribution in [2.75, 3.05) is 37.6 Å². The van der Waals surface area contributed by atoms with E-state index in [4.69, 9.17) is 0 Å². The zero-order valence-electron chi connectivity index (χ0n) is 30.3. The first-order valence-corrected chi connectivity index (χ1v) is 19.3. The third-order valence-electron chi connectivity index (χ3n) is 11.9. The molecule has 0 saturated carbocycles. The third kappa shape index (κ3) is 7.12. The first-order chi connectivity index (χ1) is 25.8. The molecule has 3 heterocycles. The van der Waals surface area contributed by atoms with Gasteiger partial charge in [0.25, 0.3) is 11.8 Å². The molecule has 3 amide bonds. The second-order valence-electron chi connectivity index (χ2n) is 15.2. The lowest BCUT2D eigenvalue weighted by atomic mass is 9.69. The van der Waals surface area contributed by atoms with Crippen molar-refractivity contribution in [1.82, 2.24) is 15.1 Å². The van der Waals surface area contributed by atoms with Gasteiger partial charge in [0, 0.05) is 43.5 Å². The summed E-state index contributed by atoms with van der Waals surface area (Å²) < 4.78 is 0. The highest BCUT2D eigenvalue weighted by atomic mass is 16.3. The quantitative estimate of drug-likeness (QED) is 0.134. The maximum atomic E-state index is 13.2. The van der Waals surface area contributed by atoms with E-state index < -0.39 is 6.04 Å². The molecular weight excluding hydrogens is 661 g/mol. The van der Waals surface area contributed by atoms with Crippen LogP contribution in [-0.2, 0) is 17.6 Å². The van der Waals surface area contributed by atoms with E-state index in [1.165, 1.54) is 27.9 Å². The number of fused-ring (bicyclic) bond motifs is 2. The summed E-state index contributed by atoms with van der Waals surface area (Å²) in [6.07, 6.45) is 7.08.